The third-order valence-electron chi connectivity index (χ3n) is 2.27. The Morgan fingerprint density at radius 3 is 2.40 bits per heavy atom. The molecule has 2 rings (SSSR count). The van der Waals surface area contributed by atoms with Crippen LogP contribution in [0.2, 0.25) is 0 Å². The van der Waals surface area contributed by atoms with Crippen molar-refractivity contribution >= 4 is 43.7 Å². The van der Waals surface area contributed by atoms with Crippen molar-refractivity contribution in [2.45, 2.75) is 17.8 Å². The van der Waals surface area contributed by atoms with Crippen molar-refractivity contribution in [1.29, 1.82) is 0 Å². The van der Waals surface area contributed by atoms with Gasteiger partial charge in [-0.2, -0.15) is 4.57 Å². The van der Waals surface area contributed by atoms with Crippen LogP contribution in [0.5, 0.6) is 0 Å². The van der Waals surface area contributed by atoms with Crippen LogP contribution in [0.15, 0.2) is 28.6 Å². The summed E-state index contributed by atoms with van der Waals surface area (Å²) in [6.45, 7) is 3.25. The number of aryl methyl sites for hydroxylation is 1. The predicted octanol–water partition coefficient (Wildman–Crippen LogP) is 1.20. The van der Waals surface area contributed by atoms with Crippen LogP contribution in [-0.4, -0.2) is 31.8 Å². The number of thioether (sulfide) groups is 1. The van der Waals surface area contributed by atoms with Gasteiger partial charge in [-0.05, 0) is 31.0 Å². The highest BCUT2D eigenvalue weighted by atomic mass is 32.3. The van der Waals surface area contributed by atoms with Crippen LogP contribution in [0.25, 0.3) is 10.2 Å². The van der Waals surface area contributed by atoms with E-state index in [4.69, 9.17) is 0 Å². The third-order valence-corrected chi connectivity index (χ3v) is 4.96. The zero-order chi connectivity index (χ0) is 14.5. The topological polar surface area (TPSA) is 102 Å². The number of rotatable bonds is 3. The van der Waals surface area contributed by atoms with E-state index in [0.29, 0.717) is 0 Å². The van der Waals surface area contributed by atoms with Gasteiger partial charge in [0, 0.05) is 6.07 Å². The SMILES string of the molecule is CC[n+]1c(SC)sc2ccccc21.COS(=O)(=O)[O-].O. The first-order valence-corrected chi connectivity index (χ1v) is 8.77. The van der Waals surface area contributed by atoms with E-state index in [1.165, 1.54) is 14.6 Å². The largest absolute Gasteiger partial charge is 0.726 e. The number of benzene rings is 1. The lowest BCUT2D eigenvalue weighted by atomic mass is 10.3. The first-order valence-electron chi connectivity index (χ1n) is 5.39. The molecule has 1 aromatic carbocycles. The van der Waals surface area contributed by atoms with Crippen LogP contribution in [0.1, 0.15) is 6.92 Å². The summed E-state index contributed by atoms with van der Waals surface area (Å²) < 4.78 is 36.2. The smallest absolute Gasteiger partial charge is 0.298 e. The van der Waals surface area contributed by atoms with Crippen LogP contribution in [0.4, 0.5) is 0 Å². The maximum atomic E-state index is 9.22. The molecule has 0 saturated carbocycles. The minimum Gasteiger partial charge on any atom is -0.726 e. The average molecular weight is 339 g/mol. The van der Waals surface area contributed by atoms with Gasteiger partial charge >= 0.3 is 0 Å². The number of aromatic nitrogens is 1. The van der Waals surface area contributed by atoms with Crippen molar-refractivity contribution in [2.75, 3.05) is 13.4 Å². The minimum atomic E-state index is -4.41. The van der Waals surface area contributed by atoms with E-state index in [1.807, 2.05) is 23.1 Å². The Labute approximate surface area is 126 Å². The van der Waals surface area contributed by atoms with Gasteiger partial charge in [0.2, 0.25) is 15.9 Å². The molecule has 9 heteroatoms. The van der Waals surface area contributed by atoms with Crippen molar-refractivity contribution in [3.8, 4) is 0 Å². The molecule has 0 aliphatic carbocycles. The fourth-order valence-electron chi connectivity index (χ4n) is 1.47. The minimum absolute atomic E-state index is 0. The van der Waals surface area contributed by atoms with Crippen LogP contribution in [0, 0.1) is 0 Å². The summed E-state index contributed by atoms with van der Waals surface area (Å²) in [6, 6.07) is 8.58. The number of hydrogen-bond acceptors (Lipinski definition) is 6. The van der Waals surface area contributed by atoms with E-state index in [2.05, 4.69) is 46.2 Å². The van der Waals surface area contributed by atoms with E-state index < -0.39 is 10.4 Å². The van der Waals surface area contributed by atoms with Crippen LogP contribution >= 0.6 is 23.1 Å². The molecule has 0 atom stereocenters. The maximum absolute atomic E-state index is 9.22. The Morgan fingerprint density at radius 1 is 1.40 bits per heavy atom. The van der Waals surface area contributed by atoms with Crippen molar-refractivity contribution in [3.05, 3.63) is 24.3 Å². The molecule has 1 aromatic heterocycles. The van der Waals surface area contributed by atoms with Crippen LogP contribution < -0.4 is 4.57 Å². The second-order valence-electron chi connectivity index (χ2n) is 3.36. The Bertz CT molecular complexity index is 639. The normalized spacial score (nSPS) is 10.6. The predicted molar refractivity (Wildman–Crippen MR) is 79.8 cm³/mol. The molecule has 0 spiro atoms. The van der Waals surface area contributed by atoms with Crippen molar-refractivity contribution in [3.63, 3.8) is 0 Å². The highest BCUT2D eigenvalue weighted by Gasteiger charge is 2.16. The Hall–Kier alpha value is -0.710. The monoisotopic (exact) mass is 339 g/mol. The zero-order valence-corrected chi connectivity index (χ0v) is 13.8. The summed E-state index contributed by atoms with van der Waals surface area (Å²) in [5, 5.41) is 0. The molecule has 0 aliphatic rings. The summed E-state index contributed by atoms with van der Waals surface area (Å²) in [7, 11) is -3.60. The average Bonchev–Trinajstić information content (AvgIpc) is 2.76. The van der Waals surface area contributed by atoms with E-state index in [-0.39, 0.29) is 5.48 Å². The summed E-state index contributed by atoms with van der Waals surface area (Å²) in [4.78, 5) is 0. The fourth-order valence-corrected chi connectivity index (χ4v) is 3.47. The molecule has 0 aliphatic heterocycles. The van der Waals surface area contributed by atoms with Gasteiger partial charge in [0.25, 0.3) is 4.34 Å². The van der Waals surface area contributed by atoms with Crippen molar-refractivity contribution in [2.24, 2.45) is 0 Å². The van der Waals surface area contributed by atoms with Gasteiger partial charge in [-0.3, -0.25) is 4.18 Å². The Morgan fingerprint density at radius 2 is 1.95 bits per heavy atom. The maximum Gasteiger partial charge on any atom is 0.298 e. The molecule has 0 unspecified atom stereocenters. The molecular formula is C11H17NO5S3. The molecule has 0 fully saturated rings. The van der Waals surface area contributed by atoms with Crippen LogP contribution in [-0.2, 0) is 21.1 Å². The lowest BCUT2D eigenvalue weighted by Gasteiger charge is -1.98. The molecule has 114 valence electrons. The van der Waals surface area contributed by atoms with E-state index in [0.717, 1.165) is 13.7 Å². The highest BCUT2D eigenvalue weighted by molar-refractivity contribution is 8.00. The van der Waals surface area contributed by atoms with Gasteiger partial charge in [0.05, 0.1) is 7.11 Å². The third kappa shape index (κ3) is 5.35. The molecule has 6 nitrogen and oxygen atoms in total. The zero-order valence-electron chi connectivity index (χ0n) is 11.3. The molecule has 2 aromatic rings. The second-order valence-corrected chi connectivity index (χ2v) is 6.59. The van der Waals surface area contributed by atoms with Crippen LogP contribution in [0.3, 0.4) is 0 Å². The van der Waals surface area contributed by atoms with Crippen molar-refractivity contribution in [1.82, 2.24) is 0 Å². The summed E-state index contributed by atoms with van der Waals surface area (Å²) in [5.74, 6) is 0. The van der Waals surface area contributed by atoms with E-state index >= 15 is 0 Å². The lowest BCUT2D eigenvalue weighted by molar-refractivity contribution is -0.698. The Kier molecular flexibility index (Phi) is 8.25. The molecule has 0 bridgehead atoms. The molecular weight excluding hydrogens is 322 g/mol. The van der Waals surface area contributed by atoms with Gasteiger partial charge in [0.1, 0.15) is 11.2 Å². The lowest BCUT2D eigenvalue weighted by Crippen LogP contribution is -2.32. The molecule has 0 saturated heterocycles. The quantitative estimate of drug-likeness (QED) is 0.362. The number of hydrogen-bond donors (Lipinski definition) is 0. The van der Waals surface area contributed by atoms with Gasteiger partial charge in [-0.25, -0.2) is 8.42 Å². The molecule has 0 radical (unpaired) electrons. The Balaban J connectivity index is 0.000000448. The second kappa shape index (κ2) is 8.55. The van der Waals surface area contributed by atoms with Gasteiger partial charge in [-0.15, -0.1) is 0 Å². The highest BCUT2D eigenvalue weighted by Crippen LogP contribution is 2.25. The molecule has 2 N–H and O–H groups in total. The van der Waals surface area contributed by atoms with E-state index in [1.54, 1.807) is 0 Å². The first-order chi connectivity index (χ1) is 8.92. The summed E-state index contributed by atoms with van der Waals surface area (Å²) in [5.41, 5.74) is 1.36. The summed E-state index contributed by atoms with van der Waals surface area (Å²) >= 11 is 3.70. The fraction of sp³-hybridized carbons (Fsp3) is 0.364. The number of thiazole rings is 1. The number of fused-ring (bicyclic) bond motifs is 1. The van der Waals surface area contributed by atoms with Gasteiger partial charge < -0.3 is 10.0 Å². The molecule has 1 heterocycles. The summed E-state index contributed by atoms with van der Waals surface area (Å²) in [6.07, 6.45) is 2.14. The van der Waals surface area contributed by atoms with Crippen molar-refractivity contribution < 1.29 is 27.2 Å². The number of nitrogens with zero attached hydrogens (tertiary/aromatic N) is 1. The van der Waals surface area contributed by atoms with E-state index in [9.17, 15) is 13.0 Å². The standard InChI is InChI=1S/C10H12NS2.CH4O4S.H2O/c1-3-11-8-6-4-5-7-9(8)13-10(11)12-2;1-5-6(2,3)4;/h4-7H,3H2,1-2H3;1H3,(H,2,3,4);1H2/q+1;;/p-1. The van der Waals surface area contributed by atoms with Gasteiger partial charge in [-0.1, -0.05) is 23.5 Å². The first kappa shape index (κ1) is 19.3. The molecule has 0 amide bonds. The molecule has 20 heavy (non-hydrogen) atoms. The number of para-hydroxylation sites is 1. The van der Waals surface area contributed by atoms with Gasteiger partial charge in [0.15, 0.2) is 0 Å².